The average Bonchev–Trinajstić information content (AvgIpc) is 3.23. The van der Waals surface area contributed by atoms with Crippen molar-refractivity contribution in [3.05, 3.63) is 36.2 Å². The second-order valence-electron chi connectivity index (χ2n) is 8.53. The monoisotopic (exact) mass is 452 g/mol. The van der Waals surface area contributed by atoms with E-state index < -0.39 is 0 Å². The van der Waals surface area contributed by atoms with Crippen molar-refractivity contribution in [2.45, 2.75) is 32.6 Å². The Bertz CT molecular complexity index is 992. The van der Waals surface area contributed by atoms with Gasteiger partial charge in [-0.25, -0.2) is 9.97 Å². The van der Waals surface area contributed by atoms with Crippen LogP contribution in [-0.4, -0.2) is 61.6 Å². The Labute approximate surface area is 194 Å². The molecule has 2 aliphatic heterocycles. The molecule has 0 aliphatic carbocycles. The van der Waals surface area contributed by atoms with Gasteiger partial charge < -0.3 is 25.2 Å². The van der Waals surface area contributed by atoms with Crippen LogP contribution < -0.4 is 25.2 Å². The first-order valence-electron chi connectivity index (χ1n) is 11.6. The van der Waals surface area contributed by atoms with E-state index in [4.69, 9.17) is 4.74 Å². The van der Waals surface area contributed by atoms with Crippen LogP contribution in [0.2, 0.25) is 0 Å². The van der Waals surface area contributed by atoms with Crippen molar-refractivity contribution in [3.63, 3.8) is 0 Å². The Morgan fingerprint density at radius 3 is 2.76 bits per heavy atom. The number of anilines is 3. The van der Waals surface area contributed by atoms with E-state index in [0.29, 0.717) is 25.4 Å². The number of piperidine rings is 1. The zero-order chi connectivity index (χ0) is 23.2. The molecule has 0 saturated carbocycles. The van der Waals surface area contributed by atoms with Gasteiger partial charge in [-0.15, -0.1) is 0 Å². The topological polar surface area (TPSA) is 99.7 Å². The number of aromatic nitrogens is 2. The van der Waals surface area contributed by atoms with E-state index in [1.807, 2.05) is 37.3 Å². The van der Waals surface area contributed by atoms with E-state index in [2.05, 4.69) is 25.5 Å². The molecule has 2 aromatic rings. The number of methoxy groups -OCH3 is 1. The normalized spacial score (nSPS) is 18.4. The highest BCUT2D eigenvalue weighted by Crippen LogP contribution is 2.28. The number of ether oxygens (including phenoxy) is 1. The van der Waals surface area contributed by atoms with Gasteiger partial charge in [0.2, 0.25) is 11.8 Å². The minimum Gasteiger partial charge on any atom is -0.497 e. The molecule has 9 heteroatoms. The summed E-state index contributed by atoms with van der Waals surface area (Å²) in [6.45, 7) is 5.31. The lowest BCUT2D eigenvalue weighted by Crippen LogP contribution is -2.35. The number of rotatable bonds is 8. The molecule has 1 unspecified atom stereocenters. The largest absolute Gasteiger partial charge is 0.497 e. The number of nitrogens with zero attached hydrogens (tertiary/aromatic N) is 4. The Kier molecular flexibility index (Phi) is 7.26. The van der Waals surface area contributed by atoms with Crippen molar-refractivity contribution in [1.82, 2.24) is 15.3 Å². The first-order valence-corrected chi connectivity index (χ1v) is 11.6. The molecule has 2 saturated heterocycles. The zero-order valence-corrected chi connectivity index (χ0v) is 19.3. The summed E-state index contributed by atoms with van der Waals surface area (Å²) in [5, 5.41) is 6.23. The summed E-state index contributed by atoms with van der Waals surface area (Å²) >= 11 is 0. The molecule has 2 amide bonds. The fraction of sp³-hybridized carbons (Fsp3) is 0.500. The van der Waals surface area contributed by atoms with Crippen LogP contribution in [-0.2, 0) is 9.59 Å². The molecule has 1 aromatic heterocycles. The third-order valence-electron chi connectivity index (χ3n) is 6.10. The van der Waals surface area contributed by atoms with Crippen LogP contribution in [0, 0.1) is 12.8 Å². The molecule has 9 nitrogen and oxygen atoms in total. The van der Waals surface area contributed by atoms with Gasteiger partial charge in [-0.3, -0.25) is 9.59 Å². The van der Waals surface area contributed by atoms with Crippen molar-refractivity contribution in [2.24, 2.45) is 5.92 Å². The van der Waals surface area contributed by atoms with E-state index in [9.17, 15) is 9.59 Å². The molecule has 1 atom stereocenters. The summed E-state index contributed by atoms with van der Waals surface area (Å²) in [6.07, 6.45) is 3.86. The number of carbonyl (C=O) groups excluding carboxylic acids is 2. The number of aryl methyl sites for hydroxylation is 1. The van der Waals surface area contributed by atoms with Gasteiger partial charge in [0.25, 0.3) is 0 Å². The average molecular weight is 453 g/mol. The Morgan fingerprint density at radius 1 is 1.15 bits per heavy atom. The fourth-order valence-electron chi connectivity index (χ4n) is 4.36. The second kappa shape index (κ2) is 10.5. The second-order valence-corrected chi connectivity index (χ2v) is 8.53. The first kappa shape index (κ1) is 22.8. The highest BCUT2D eigenvalue weighted by molar-refractivity contribution is 6.00. The van der Waals surface area contributed by atoms with Crippen LogP contribution in [0.5, 0.6) is 5.75 Å². The molecule has 2 aliphatic rings. The predicted molar refractivity (Wildman–Crippen MR) is 128 cm³/mol. The van der Waals surface area contributed by atoms with Crippen molar-refractivity contribution in [1.29, 1.82) is 0 Å². The van der Waals surface area contributed by atoms with Crippen LogP contribution in [0.4, 0.5) is 17.3 Å². The summed E-state index contributed by atoms with van der Waals surface area (Å²) in [4.78, 5) is 38.1. The SMILES string of the molecule is COc1cccc(N2CC(C(=O)NCCNc3cc(N4CCCCC4)nc(C)n3)CC2=O)c1. The molecule has 2 N–H and O–H groups in total. The van der Waals surface area contributed by atoms with Crippen molar-refractivity contribution >= 4 is 29.1 Å². The third kappa shape index (κ3) is 5.71. The molecule has 33 heavy (non-hydrogen) atoms. The van der Waals surface area contributed by atoms with Crippen molar-refractivity contribution in [2.75, 3.05) is 55.0 Å². The maximum atomic E-state index is 12.6. The lowest BCUT2D eigenvalue weighted by molar-refractivity contribution is -0.126. The number of nitrogens with one attached hydrogen (secondary N) is 2. The van der Waals surface area contributed by atoms with Gasteiger partial charge in [0.05, 0.1) is 13.0 Å². The molecule has 1 aromatic carbocycles. The minimum absolute atomic E-state index is 0.0526. The predicted octanol–water partition coefficient (Wildman–Crippen LogP) is 2.37. The number of hydrogen-bond donors (Lipinski definition) is 2. The molecule has 176 valence electrons. The molecule has 0 spiro atoms. The van der Waals surface area contributed by atoms with Crippen LogP contribution in [0.25, 0.3) is 0 Å². The Hall–Kier alpha value is -3.36. The standard InChI is InChI=1S/C24H32N6O3/c1-17-27-21(15-22(28-17)29-11-4-3-5-12-29)25-9-10-26-24(32)18-13-23(31)30(16-18)19-7-6-8-20(14-19)33-2/h6-8,14-15,18H,3-5,9-13,16H2,1-2H3,(H,26,32)(H,25,27,28). The minimum atomic E-state index is -0.365. The van der Waals surface area contributed by atoms with Gasteiger partial charge >= 0.3 is 0 Å². The van der Waals surface area contributed by atoms with Crippen LogP contribution in [0.3, 0.4) is 0 Å². The van der Waals surface area contributed by atoms with Gasteiger partial charge in [0.1, 0.15) is 23.2 Å². The maximum absolute atomic E-state index is 12.6. The lowest BCUT2D eigenvalue weighted by Gasteiger charge is -2.28. The number of carbonyl (C=O) groups is 2. The van der Waals surface area contributed by atoms with Gasteiger partial charge in [-0.2, -0.15) is 0 Å². The molecule has 4 rings (SSSR count). The van der Waals surface area contributed by atoms with Gasteiger partial charge in [0, 0.05) is 57.0 Å². The third-order valence-corrected chi connectivity index (χ3v) is 6.10. The molecule has 3 heterocycles. The highest BCUT2D eigenvalue weighted by Gasteiger charge is 2.35. The van der Waals surface area contributed by atoms with E-state index in [1.54, 1.807) is 12.0 Å². The lowest BCUT2D eigenvalue weighted by atomic mass is 10.1. The van der Waals surface area contributed by atoms with E-state index >= 15 is 0 Å². The van der Waals surface area contributed by atoms with Gasteiger partial charge in [-0.05, 0) is 38.3 Å². The summed E-state index contributed by atoms with van der Waals surface area (Å²) in [7, 11) is 1.59. The Balaban J connectivity index is 1.26. The number of hydrogen-bond acceptors (Lipinski definition) is 7. The Morgan fingerprint density at radius 2 is 1.97 bits per heavy atom. The molecule has 2 fully saturated rings. The molecule has 0 bridgehead atoms. The van der Waals surface area contributed by atoms with Crippen molar-refractivity contribution in [3.8, 4) is 5.75 Å². The molecular formula is C24H32N6O3. The van der Waals surface area contributed by atoms with Gasteiger partial charge in [0.15, 0.2) is 0 Å². The summed E-state index contributed by atoms with van der Waals surface area (Å²) in [5.41, 5.74) is 0.750. The first-order chi connectivity index (χ1) is 16.0. The van der Waals surface area contributed by atoms with Crippen LogP contribution in [0.1, 0.15) is 31.5 Å². The molecule has 0 radical (unpaired) electrons. The van der Waals surface area contributed by atoms with Crippen LogP contribution >= 0.6 is 0 Å². The van der Waals surface area contributed by atoms with Crippen LogP contribution in [0.15, 0.2) is 30.3 Å². The fourth-order valence-corrected chi connectivity index (χ4v) is 4.36. The van der Waals surface area contributed by atoms with Crippen molar-refractivity contribution < 1.29 is 14.3 Å². The quantitative estimate of drug-likeness (QED) is 0.593. The van der Waals surface area contributed by atoms with E-state index in [-0.39, 0.29) is 24.2 Å². The van der Waals surface area contributed by atoms with E-state index in [0.717, 1.165) is 36.2 Å². The number of amides is 2. The summed E-state index contributed by atoms with van der Waals surface area (Å²) < 4.78 is 5.24. The molecular weight excluding hydrogens is 420 g/mol. The van der Waals surface area contributed by atoms with E-state index in [1.165, 1.54) is 19.3 Å². The van der Waals surface area contributed by atoms with Gasteiger partial charge in [-0.1, -0.05) is 6.07 Å². The summed E-state index contributed by atoms with van der Waals surface area (Å²) in [5.74, 6) is 2.60. The maximum Gasteiger partial charge on any atom is 0.227 e. The summed E-state index contributed by atoms with van der Waals surface area (Å²) in [6, 6.07) is 9.31. The zero-order valence-electron chi connectivity index (χ0n) is 19.3. The highest BCUT2D eigenvalue weighted by atomic mass is 16.5. The smallest absolute Gasteiger partial charge is 0.227 e. The number of benzene rings is 1.